The second-order valence-corrected chi connectivity index (χ2v) is 4.33. The summed E-state index contributed by atoms with van der Waals surface area (Å²) in [6.07, 6.45) is 2.61. The molecule has 1 aromatic carbocycles. The summed E-state index contributed by atoms with van der Waals surface area (Å²) in [5.41, 5.74) is 7.30. The minimum absolute atomic E-state index is 0.262. The first-order chi connectivity index (χ1) is 5.77. The number of hydrogen-bond acceptors (Lipinski definition) is 1. The van der Waals surface area contributed by atoms with Crippen molar-refractivity contribution >= 4 is 15.9 Å². The lowest BCUT2D eigenvalue weighted by molar-refractivity contribution is 0.633. The molecule has 1 nitrogen and oxygen atoms in total. The molecule has 1 fully saturated rings. The topological polar surface area (TPSA) is 26.0 Å². The molecule has 2 rings (SSSR count). The largest absolute Gasteiger partial charge is 0.324 e. The molecule has 1 saturated carbocycles. The zero-order valence-corrected chi connectivity index (χ0v) is 8.42. The van der Waals surface area contributed by atoms with Gasteiger partial charge in [-0.05, 0) is 36.5 Å². The van der Waals surface area contributed by atoms with E-state index in [0.717, 1.165) is 10.4 Å². The van der Waals surface area contributed by atoms with Crippen molar-refractivity contribution in [1.29, 1.82) is 0 Å². The van der Waals surface area contributed by atoms with E-state index in [9.17, 15) is 0 Å². The fourth-order valence-electron chi connectivity index (χ4n) is 1.41. The summed E-state index contributed by atoms with van der Waals surface area (Å²) >= 11 is 3.41. The summed E-state index contributed by atoms with van der Waals surface area (Å²) in [7, 11) is 0. The van der Waals surface area contributed by atoms with E-state index in [0.29, 0.717) is 0 Å². The molecule has 0 amide bonds. The first-order valence-electron chi connectivity index (χ1n) is 4.28. The van der Waals surface area contributed by atoms with Gasteiger partial charge < -0.3 is 5.73 Å². The van der Waals surface area contributed by atoms with Crippen LogP contribution >= 0.6 is 15.9 Å². The van der Waals surface area contributed by atoms with E-state index in [-0.39, 0.29) is 6.04 Å². The fraction of sp³-hybridized carbons (Fsp3) is 0.400. The van der Waals surface area contributed by atoms with Crippen LogP contribution in [0.5, 0.6) is 0 Å². The molecule has 0 radical (unpaired) electrons. The number of halogens is 1. The zero-order valence-electron chi connectivity index (χ0n) is 6.83. The van der Waals surface area contributed by atoms with Gasteiger partial charge in [-0.15, -0.1) is 0 Å². The summed E-state index contributed by atoms with van der Waals surface area (Å²) < 4.78 is 1.12. The van der Waals surface area contributed by atoms with Crippen LogP contribution < -0.4 is 5.73 Å². The molecule has 1 aliphatic carbocycles. The predicted molar refractivity (Wildman–Crippen MR) is 53.8 cm³/mol. The Morgan fingerprint density at radius 1 is 1.25 bits per heavy atom. The van der Waals surface area contributed by atoms with Crippen molar-refractivity contribution in [3.05, 3.63) is 34.3 Å². The molecule has 0 heterocycles. The molecule has 0 aromatic heterocycles. The lowest BCUT2D eigenvalue weighted by atomic mass is 10.0. The SMILES string of the molecule is N[C@H](c1ccc(Br)cc1)C1CC1. The molecule has 0 spiro atoms. The molecule has 64 valence electrons. The van der Waals surface area contributed by atoms with Crippen LogP contribution in [0.1, 0.15) is 24.4 Å². The van der Waals surface area contributed by atoms with Crippen LogP contribution in [0, 0.1) is 5.92 Å². The second kappa shape index (κ2) is 3.19. The van der Waals surface area contributed by atoms with Gasteiger partial charge in [0, 0.05) is 10.5 Å². The highest BCUT2D eigenvalue weighted by atomic mass is 79.9. The van der Waals surface area contributed by atoms with Gasteiger partial charge in [-0.3, -0.25) is 0 Å². The number of rotatable bonds is 2. The Balaban J connectivity index is 2.16. The molecule has 1 aromatic rings. The van der Waals surface area contributed by atoms with Crippen LogP contribution in [0.25, 0.3) is 0 Å². The van der Waals surface area contributed by atoms with E-state index >= 15 is 0 Å². The highest BCUT2D eigenvalue weighted by Crippen LogP contribution is 2.39. The van der Waals surface area contributed by atoms with E-state index in [1.165, 1.54) is 18.4 Å². The number of nitrogens with two attached hydrogens (primary N) is 1. The maximum atomic E-state index is 6.04. The molecular weight excluding hydrogens is 214 g/mol. The molecule has 0 saturated heterocycles. The lowest BCUT2D eigenvalue weighted by Gasteiger charge is -2.09. The quantitative estimate of drug-likeness (QED) is 0.824. The molecule has 0 bridgehead atoms. The molecule has 0 aliphatic heterocycles. The van der Waals surface area contributed by atoms with Gasteiger partial charge in [0.2, 0.25) is 0 Å². The minimum atomic E-state index is 0.262. The average molecular weight is 226 g/mol. The third kappa shape index (κ3) is 1.70. The summed E-state index contributed by atoms with van der Waals surface area (Å²) in [6, 6.07) is 8.58. The third-order valence-electron chi connectivity index (χ3n) is 2.38. The Hall–Kier alpha value is -0.340. The van der Waals surface area contributed by atoms with E-state index in [1.807, 2.05) is 0 Å². The molecular formula is C10H12BrN. The van der Waals surface area contributed by atoms with Gasteiger partial charge in [0.1, 0.15) is 0 Å². The van der Waals surface area contributed by atoms with Crippen molar-refractivity contribution in [2.45, 2.75) is 18.9 Å². The number of benzene rings is 1. The van der Waals surface area contributed by atoms with Crippen LogP contribution in [-0.4, -0.2) is 0 Å². The Morgan fingerprint density at radius 2 is 1.83 bits per heavy atom. The normalized spacial score (nSPS) is 19.2. The van der Waals surface area contributed by atoms with E-state index in [1.54, 1.807) is 0 Å². The monoisotopic (exact) mass is 225 g/mol. The van der Waals surface area contributed by atoms with E-state index < -0.39 is 0 Å². The van der Waals surface area contributed by atoms with Crippen LogP contribution in [0.4, 0.5) is 0 Å². The van der Waals surface area contributed by atoms with Gasteiger partial charge in [-0.2, -0.15) is 0 Å². The van der Waals surface area contributed by atoms with E-state index in [4.69, 9.17) is 5.73 Å². The maximum absolute atomic E-state index is 6.04. The predicted octanol–water partition coefficient (Wildman–Crippen LogP) is 2.86. The molecule has 0 unspecified atom stereocenters. The Labute approximate surface area is 81.1 Å². The van der Waals surface area contributed by atoms with Gasteiger partial charge in [-0.1, -0.05) is 28.1 Å². The molecule has 1 aliphatic rings. The summed E-state index contributed by atoms with van der Waals surface area (Å²) in [4.78, 5) is 0. The summed E-state index contributed by atoms with van der Waals surface area (Å²) in [5.74, 6) is 0.742. The van der Waals surface area contributed by atoms with Gasteiger partial charge in [0.25, 0.3) is 0 Å². The van der Waals surface area contributed by atoms with Gasteiger partial charge >= 0.3 is 0 Å². The smallest absolute Gasteiger partial charge is 0.0323 e. The highest BCUT2D eigenvalue weighted by Gasteiger charge is 2.29. The molecule has 1 atom stereocenters. The zero-order chi connectivity index (χ0) is 8.55. The lowest BCUT2D eigenvalue weighted by Crippen LogP contribution is -2.11. The minimum Gasteiger partial charge on any atom is -0.324 e. The Kier molecular flexibility index (Phi) is 2.20. The standard InChI is InChI=1S/C10H12BrN/c11-9-5-3-8(4-6-9)10(12)7-1-2-7/h3-7,10H,1-2,12H2/t10-/m0/s1. The summed E-state index contributed by atoms with van der Waals surface area (Å²) in [6.45, 7) is 0. The number of hydrogen-bond donors (Lipinski definition) is 1. The Morgan fingerprint density at radius 3 is 2.33 bits per heavy atom. The van der Waals surface area contributed by atoms with Gasteiger partial charge in [0.05, 0.1) is 0 Å². The molecule has 12 heavy (non-hydrogen) atoms. The highest BCUT2D eigenvalue weighted by molar-refractivity contribution is 9.10. The van der Waals surface area contributed by atoms with Crippen molar-refractivity contribution in [2.24, 2.45) is 11.7 Å². The van der Waals surface area contributed by atoms with Crippen LogP contribution in [-0.2, 0) is 0 Å². The molecule has 2 N–H and O–H groups in total. The van der Waals surface area contributed by atoms with Crippen molar-refractivity contribution in [1.82, 2.24) is 0 Å². The van der Waals surface area contributed by atoms with Crippen LogP contribution in [0.2, 0.25) is 0 Å². The first kappa shape index (κ1) is 8.27. The average Bonchev–Trinajstić information content (AvgIpc) is 2.87. The van der Waals surface area contributed by atoms with Crippen molar-refractivity contribution < 1.29 is 0 Å². The molecule has 2 heteroatoms. The first-order valence-corrected chi connectivity index (χ1v) is 5.08. The van der Waals surface area contributed by atoms with E-state index in [2.05, 4.69) is 40.2 Å². The van der Waals surface area contributed by atoms with Crippen molar-refractivity contribution in [3.63, 3.8) is 0 Å². The fourth-order valence-corrected chi connectivity index (χ4v) is 1.68. The van der Waals surface area contributed by atoms with Crippen molar-refractivity contribution in [2.75, 3.05) is 0 Å². The van der Waals surface area contributed by atoms with Crippen molar-refractivity contribution in [3.8, 4) is 0 Å². The summed E-state index contributed by atoms with van der Waals surface area (Å²) in [5, 5.41) is 0. The van der Waals surface area contributed by atoms with Gasteiger partial charge in [0.15, 0.2) is 0 Å². The second-order valence-electron chi connectivity index (χ2n) is 3.41. The van der Waals surface area contributed by atoms with Crippen LogP contribution in [0.3, 0.4) is 0 Å². The third-order valence-corrected chi connectivity index (χ3v) is 2.91. The Bertz CT molecular complexity index is 264. The maximum Gasteiger partial charge on any atom is 0.0323 e. The van der Waals surface area contributed by atoms with Crippen LogP contribution in [0.15, 0.2) is 28.7 Å². The van der Waals surface area contributed by atoms with Gasteiger partial charge in [-0.25, -0.2) is 0 Å².